The van der Waals surface area contributed by atoms with E-state index in [1.807, 2.05) is 37.3 Å². The number of nitrogens with one attached hydrogen (secondary N) is 1. The van der Waals surface area contributed by atoms with Gasteiger partial charge < -0.3 is 19.5 Å². The fraction of sp³-hybridized carbons (Fsp3) is 0.333. The number of rotatable bonds is 4. The molecule has 0 radical (unpaired) electrons. The predicted octanol–water partition coefficient (Wildman–Crippen LogP) is 3.63. The normalized spacial score (nSPS) is 15.4. The zero-order chi connectivity index (χ0) is 17.1. The average molecular weight is 327 g/mol. The van der Waals surface area contributed by atoms with Crippen molar-refractivity contribution in [2.75, 3.05) is 23.8 Å². The van der Waals surface area contributed by atoms with E-state index in [9.17, 15) is 9.59 Å². The number of nitrogens with zero attached hydrogens (tertiary/aromatic N) is 2. The van der Waals surface area contributed by atoms with E-state index in [4.69, 9.17) is 4.42 Å². The predicted molar refractivity (Wildman–Crippen MR) is 91.9 cm³/mol. The van der Waals surface area contributed by atoms with Crippen molar-refractivity contribution in [3.63, 3.8) is 0 Å². The number of hydrogen-bond donors (Lipinski definition) is 1. The molecular weight excluding hydrogens is 306 g/mol. The summed E-state index contributed by atoms with van der Waals surface area (Å²) in [5.74, 6) is 0.884. The Morgan fingerprint density at radius 1 is 1.29 bits per heavy atom. The molecule has 3 rings (SSSR count). The first kappa shape index (κ1) is 16.1. The lowest BCUT2D eigenvalue weighted by atomic mass is 10.2. The SMILES string of the molecule is CC(c1ccco1)N(C)C(=O)Nc1ccc(N2CCCC2=O)cc1. The van der Waals surface area contributed by atoms with Crippen LogP contribution in [0.25, 0.3) is 0 Å². The van der Waals surface area contributed by atoms with E-state index in [2.05, 4.69) is 5.32 Å². The number of amides is 3. The summed E-state index contributed by atoms with van der Waals surface area (Å²) in [7, 11) is 1.72. The van der Waals surface area contributed by atoms with Crippen LogP contribution in [0.15, 0.2) is 47.1 Å². The molecule has 2 aromatic rings. The minimum atomic E-state index is -0.219. The molecule has 24 heavy (non-hydrogen) atoms. The van der Waals surface area contributed by atoms with E-state index < -0.39 is 0 Å². The van der Waals surface area contributed by atoms with E-state index in [1.54, 1.807) is 29.2 Å². The van der Waals surface area contributed by atoms with Crippen molar-refractivity contribution in [3.05, 3.63) is 48.4 Å². The van der Waals surface area contributed by atoms with Crippen LogP contribution in [0.2, 0.25) is 0 Å². The van der Waals surface area contributed by atoms with Gasteiger partial charge in [-0.15, -0.1) is 0 Å². The second-order valence-electron chi connectivity index (χ2n) is 5.93. The fourth-order valence-corrected chi connectivity index (χ4v) is 2.75. The van der Waals surface area contributed by atoms with Gasteiger partial charge in [0.1, 0.15) is 5.76 Å². The van der Waals surface area contributed by atoms with Gasteiger partial charge in [-0.2, -0.15) is 0 Å². The Morgan fingerprint density at radius 2 is 2.04 bits per heavy atom. The molecule has 1 aromatic carbocycles. The van der Waals surface area contributed by atoms with Crippen LogP contribution < -0.4 is 10.2 Å². The first-order chi connectivity index (χ1) is 11.6. The Morgan fingerprint density at radius 3 is 2.62 bits per heavy atom. The van der Waals surface area contributed by atoms with E-state index in [1.165, 1.54) is 0 Å². The maximum atomic E-state index is 12.4. The number of carbonyl (C=O) groups excluding carboxylic acids is 2. The monoisotopic (exact) mass is 327 g/mol. The van der Waals surface area contributed by atoms with Crippen molar-refractivity contribution < 1.29 is 14.0 Å². The van der Waals surface area contributed by atoms with Gasteiger partial charge >= 0.3 is 6.03 Å². The van der Waals surface area contributed by atoms with Gasteiger partial charge in [-0.1, -0.05) is 0 Å². The molecule has 2 heterocycles. The zero-order valence-electron chi connectivity index (χ0n) is 13.9. The molecule has 0 aliphatic carbocycles. The average Bonchev–Trinajstić information content (AvgIpc) is 3.26. The molecule has 1 atom stereocenters. The lowest BCUT2D eigenvalue weighted by molar-refractivity contribution is -0.117. The van der Waals surface area contributed by atoms with Gasteiger partial charge in [0.05, 0.1) is 12.3 Å². The zero-order valence-corrected chi connectivity index (χ0v) is 13.9. The van der Waals surface area contributed by atoms with Crippen molar-refractivity contribution in [1.82, 2.24) is 4.90 Å². The summed E-state index contributed by atoms with van der Waals surface area (Å²) < 4.78 is 5.34. The van der Waals surface area contributed by atoms with Crippen molar-refractivity contribution in [1.29, 1.82) is 0 Å². The van der Waals surface area contributed by atoms with Crippen LogP contribution >= 0.6 is 0 Å². The Balaban J connectivity index is 1.63. The summed E-state index contributed by atoms with van der Waals surface area (Å²) >= 11 is 0. The first-order valence-corrected chi connectivity index (χ1v) is 8.04. The summed E-state index contributed by atoms with van der Waals surface area (Å²) in [6, 6.07) is 10.6. The number of furan rings is 1. The number of hydrogen-bond acceptors (Lipinski definition) is 3. The fourth-order valence-electron chi connectivity index (χ4n) is 2.75. The smallest absolute Gasteiger partial charge is 0.322 e. The molecule has 6 heteroatoms. The van der Waals surface area contributed by atoms with Crippen LogP contribution in [0.5, 0.6) is 0 Å². The molecule has 0 saturated carbocycles. The quantitative estimate of drug-likeness (QED) is 0.932. The Bertz CT molecular complexity index is 710. The Hall–Kier alpha value is -2.76. The maximum absolute atomic E-state index is 12.4. The van der Waals surface area contributed by atoms with Crippen molar-refractivity contribution >= 4 is 23.3 Å². The van der Waals surface area contributed by atoms with E-state index >= 15 is 0 Å². The highest BCUT2D eigenvalue weighted by atomic mass is 16.3. The van der Waals surface area contributed by atoms with Gasteiger partial charge in [0.2, 0.25) is 5.91 Å². The summed E-state index contributed by atoms with van der Waals surface area (Å²) in [6.45, 7) is 2.66. The first-order valence-electron chi connectivity index (χ1n) is 8.04. The minimum absolute atomic E-state index is 0.152. The molecule has 1 aliphatic heterocycles. The van der Waals surface area contributed by atoms with E-state index in [0.717, 1.165) is 24.4 Å². The molecule has 1 aliphatic rings. The molecule has 126 valence electrons. The summed E-state index contributed by atoms with van der Waals surface area (Å²) in [5.41, 5.74) is 1.56. The molecule has 1 N–H and O–H groups in total. The lowest BCUT2D eigenvalue weighted by Crippen LogP contribution is -2.33. The second-order valence-corrected chi connectivity index (χ2v) is 5.93. The molecule has 1 aromatic heterocycles. The Kier molecular flexibility index (Phi) is 4.55. The highest BCUT2D eigenvalue weighted by molar-refractivity contribution is 5.96. The maximum Gasteiger partial charge on any atom is 0.322 e. The topological polar surface area (TPSA) is 65.8 Å². The highest BCUT2D eigenvalue weighted by Gasteiger charge is 2.22. The molecular formula is C18H21N3O3. The molecule has 3 amide bonds. The third-order valence-electron chi connectivity index (χ3n) is 4.36. The van der Waals surface area contributed by atoms with Crippen LogP contribution in [0, 0.1) is 0 Å². The van der Waals surface area contributed by atoms with Crippen LogP contribution in [0.4, 0.5) is 16.2 Å². The Labute approximate surface area is 141 Å². The second kappa shape index (κ2) is 6.78. The minimum Gasteiger partial charge on any atom is -0.467 e. The van der Waals surface area contributed by atoms with Gasteiger partial charge in [0.25, 0.3) is 0 Å². The summed E-state index contributed by atoms with van der Waals surface area (Å²) in [4.78, 5) is 27.5. The van der Waals surface area contributed by atoms with Crippen molar-refractivity contribution in [3.8, 4) is 0 Å². The molecule has 1 fully saturated rings. The molecule has 1 unspecified atom stereocenters. The third-order valence-corrected chi connectivity index (χ3v) is 4.36. The van der Waals surface area contributed by atoms with Crippen LogP contribution in [0.1, 0.15) is 31.6 Å². The standard InChI is InChI=1S/C18H21N3O3/c1-13(16-5-4-12-24-16)20(2)18(23)19-14-7-9-15(10-8-14)21-11-3-6-17(21)22/h4-5,7-10,12-13H,3,6,11H2,1-2H3,(H,19,23). The van der Waals surface area contributed by atoms with E-state index in [0.29, 0.717) is 12.1 Å². The number of benzene rings is 1. The molecule has 0 spiro atoms. The molecule has 1 saturated heterocycles. The van der Waals surface area contributed by atoms with Gasteiger partial charge in [-0.05, 0) is 49.7 Å². The molecule has 0 bridgehead atoms. The number of anilines is 2. The van der Waals surface area contributed by atoms with Crippen LogP contribution in [-0.2, 0) is 4.79 Å². The summed E-state index contributed by atoms with van der Waals surface area (Å²) in [5, 5.41) is 2.86. The van der Waals surface area contributed by atoms with Gasteiger partial charge in [0, 0.05) is 31.4 Å². The number of carbonyl (C=O) groups is 2. The van der Waals surface area contributed by atoms with E-state index in [-0.39, 0.29) is 18.0 Å². The highest BCUT2D eigenvalue weighted by Crippen LogP contribution is 2.24. The van der Waals surface area contributed by atoms with Crippen molar-refractivity contribution in [2.24, 2.45) is 0 Å². The number of urea groups is 1. The van der Waals surface area contributed by atoms with Gasteiger partial charge in [0.15, 0.2) is 0 Å². The van der Waals surface area contributed by atoms with Crippen LogP contribution in [0.3, 0.4) is 0 Å². The summed E-state index contributed by atoms with van der Waals surface area (Å²) in [6.07, 6.45) is 3.09. The van der Waals surface area contributed by atoms with Gasteiger partial charge in [-0.25, -0.2) is 4.79 Å². The largest absolute Gasteiger partial charge is 0.467 e. The van der Waals surface area contributed by atoms with Crippen LogP contribution in [-0.4, -0.2) is 30.4 Å². The van der Waals surface area contributed by atoms with Crippen molar-refractivity contribution in [2.45, 2.75) is 25.8 Å². The molecule has 6 nitrogen and oxygen atoms in total. The lowest BCUT2D eigenvalue weighted by Gasteiger charge is -2.24. The third kappa shape index (κ3) is 3.27. The van der Waals surface area contributed by atoms with Gasteiger partial charge in [-0.3, -0.25) is 4.79 Å².